The van der Waals surface area contributed by atoms with Crippen molar-refractivity contribution in [3.05, 3.63) is 42.2 Å². The smallest absolute Gasteiger partial charge is 0.148 e. The van der Waals surface area contributed by atoms with Gasteiger partial charge in [-0.1, -0.05) is 19.3 Å². The number of nitrogens with zero attached hydrogens (tertiary/aromatic N) is 2. The molecule has 0 radical (unpaired) electrons. The van der Waals surface area contributed by atoms with Gasteiger partial charge in [-0.3, -0.25) is 0 Å². The maximum Gasteiger partial charge on any atom is 0.148 e. The van der Waals surface area contributed by atoms with E-state index in [9.17, 15) is 4.39 Å². The van der Waals surface area contributed by atoms with Crippen LogP contribution in [-0.2, 0) is 4.74 Å². The number of halogens is 1. The van der Waals surface area contributed by atoms with Crippen LogP contribution in [0.4, 0.5) is 10.2 Å². The average Bonchev–Trinajstić information content (AvgIpc) is 2.64. The molecule has 2 aromatic rings. The average molecular weight is 341 g/mol. The van der Waals surface area contributed by atoms with E-state index in [1.54, 1.807) is 12.1 Å². The molecule has 1 N–H and O–H groups in total. The maximum atomic E-state index is 13.0. The summed E-state index contributed by atoms with van der Waals surface area (Å²) in [6.45, 7) is 0.818. The molecule has 1 aromatic heterocycles. The van der Waals surface area contributed by atoms with Crippen molar-refractivity contribution in [2.45, 2.75) is 56.6 Å². The Morgan fingerprint density at radius 2 is 1.80 bits per heavy atom. The summed E-state index contributed by atoms with van der Waals surface area (Å²) in [7, 11) is 0. The lowest BCUT2D eigenvalue weighted by atomic mass is 9.78. The third kappa shape index (κ3) is 3.82. The summed E-state index contributed by atoms with van der Waals surface area (Å²) in [5.41, 5.74) is 1.70. The van der Waals surface area contributed by atoms with Crippen molar-refractivity contribution in [1.29, 1.82) is 0 Å². The first kappa shape index (κ1) is 16.5. The van der Waals surface area contributed by atoms with E-state index in [0.29, 0.717) is 6.04 Å². The van der Waals surface area contributed by atoms with Crippen LogP contribution < -0.4 is 5.32 Å². The third-order valence-electron chi connectivity index (χ3n) is 5.41. The van der Waals surface area contributed by atoms with Gasteiger partial charge in [-0.25, -0.2) is 4.39 Å². The first-order valence-corrected chi connectivity index (χ1v) is 9.23. The quantitative estimate of drug-likeness (QED) is 0.888. The molecule has 5 heteroatoms. The molecule has 0 amide bonds. The number of aromatic nitrogens is 2. The second kappa shape index (κ2) is 7.08. The first-order chi connectivity index (χ1) is 12.2. The van der Waals surface area contributed by atoms with Crippen molar-refractivity contribution in [2.75, 3.05) is 11.9 Å². The number of hydrogen-bond donors (Lipinski definition) is 1. The summed E-state index contributed by atoms with van der Waals surface area (Å²) in [5, 5.41) is 12.1. The normalized spacial score (nSPS) is 22.7. The third-order valence-corrected chi connectivity index (χ3v) is 5.41. The molecule has 1 unspecified atom stereocenters. The van der Waals surface area contributed by atoms with Gasteiger partial charge in [0.2, 0.25) is 0 Å². The fraction of sp³-hybridized carbons (Fsp3) is 0.500. The molecule has 2 fully saturated rings. The lowest BCUT2D eigenvalue weighted by Gasteiger charge is -2.43. The number of benzene rings is 1. The topological polar surface area (TPSA) is 47.0 Å². The molecule has 1 saturated carbocycles. The van der Waals surface area contributed by atoms with Crippen LogP contribution in [0.5, 0.6) is 0 Å². The summed E-state index contributed by atoms with van der Waals surface area (Å²) < 4.78 is 19.2. The molecule has 1 spiro atoms. The summed E-state index contributed by atoms with van der Waals surface area (Å²) >= 11 is 0. The molecule has 2 aliphatic rings. The Kier molecular flexibility index (Phi) is 4.66. The highest BCUT2D eigenvalue weighted by Gasteiger charge is 2.38. The van der Waals surface area contributed by atoms with Crippen LogP contribution in [0.15, 0.2) is 36.4 Å². The molecule has 4 rings (SSSR count). The Balaban J connectivity index is 1.41. The fourth-order valence-corrected chi connectivity index (χ4v) is 4.09. The van der Waals surface area contributed by atoms with Crippen molar-refractivity contribution in [3.8, 4) is 11.3 Å². The van der Waals surface area contributed by atoms with Crippen LogP contribution >= 0.6 is 0 Å². The molecule has 25 heavy (non-hydrogen) atoms. The Labute approximate surface area is 147 Å². The van der Waals surface area contributed by atoms with Crippen LogP contribution in [0.2, 0.25) is 0 Å². The molecule has 1 aliphatic carbocycles. The van der Waals surface area contributed by atoms with E-state index in [0.717, 1.165) is 36.5 Å². The number of ether oxygens (including phenoxy) is 1. The highest BCUT2D eigenvalue weighted by atomic mass is 19.1. The zero-order valence-electron chi connectivity index (χ0n) is 14.4. The largest absolute Gasteiger partial charge is 0.375 e. The highest BCUT2D eigenvalue weighted by Crippen LogP contribution is 2.39. The van der Waals surface area contributed by atoms with Crippen LogP contribution in [0.3, 0.4) is 0 Å². The lowest BCUT2D eigenvalue weighted by molar-refractivity contribution is -0.103. The molecule has 1 aromatic carbocycles. The maximum absolute atomic E-state index is 13.0. The van der Waals surface area contributed by atoms with Gasteiger partial charge >= 0.3 is 0 Å². The molecule has 2 heterocycles. The number of nitrogens with one attached hydrogen (secondary N) is 1. The predicted molar refractivity (Wildman–Crippen MR) is 95.8 cm³/mol. The zero-order valence-corrected chi connectivity index (χ0v) is 14.4. The van der Waals surface area contributed by atoms with E-state index in [1.165, 1.54) is 44.2 Å². The van der Waals surface area contributed by atoms with Crippen molar-refractivity contribution in [2.24, 2.45) is 0 Å². The van der Waals surface area contributed by atoms with Gasteiger partial charge in [0.05, 0.1) is 11.3 Å². The highest BCUT2D eigenvalue weighted by molar-refractivity contribution is 5.59. The molecule has 0 bridgehead atoms. The summed E-state index contributed by atoms with van der Waals surface area (Å²) in [5.74, 6) is 0.551. The lowest BCUT2D eigenvalue weighted by Crippen LogP contribution is -2.45. The van der Waals surface area contributed by atoms with E-state index in [-0.39, 0.29) is 11.4 Å². The molecule has 1 atom stereocenters. The van der Waals surface area contributed by atoms with Crippen molar-refractivity contribution in [1.82, 2.24) is 10.2 Å². The van der Waals surface area contributed by atoms with Gasteiger partial charge in [0, 0.05) is 18.2 Å². The zero-order chi connectivity index (χ0) is 17.1. The molecule has 1 aliphatic heterocycles. The fourth-order valence-electron chi connectivity index (χ4n) is 4.09. The van der Waals surface area contributed by atoms with Gasteiger partial charge in [-0.05, 0) is 62.1 Å². The van der Waals surface area contributed by atoms with Crippen molar-refractivity contribution < 1.29 is 9.13 Å². The van der Waals surface area contributed by atoms with Crippen LogP contribution in [-0.4, -0.2) is 28.4 Å². The Morgan fingerprint density at radius 3 is 2.52 bits per heavy atom. The summed E-state index contributed by atoms with van der Waals surface area (Å²) in [6.07, 6.45) is 8.30. The molecular weight excluding hydrogens is 317 g/mol. The number of hydrogen-bond acceptors (Lipinski definition) is 4. The number of rotatable bonds is 3. The molecular formula is C20H24FN3O. The molecule has 132 valence electrons. The first-order valence-electron chi connectivity index (χ1n) is 9.23. The monoisotopic (exact) mass is 341 g/mol. The van der Waals surface area contributed by atoms with Gasteiger partial charge in [0.15, 0.2) is 0 Å². The minimum Gasteiger partial charge on any atom is -0.375 e. The second-order valence-electron chi connectivity index (χ2n) is 7.24. The van der Waals surface area contributed by atoms with E-state index in [2.05, 4.69) is 15.5 Å². The minimum atomic E-state index is -0.244. The van der Waals surface area contributed by atoms with Crippen molar-refractivity contribution in [3.63, 3.8) is 0 Å². The Morgan fingerprint density at radius 1 is 1.00 bits per heavy atom. The van der Waals surface area contributed by atoms with Crippen molar-refractivity contribution >= 4 is 5.82 Å². The predicted octanol–water partition coefficient (Wildman–Crippen LogP) is 4.58. The van der Waals surface area contributed by atoms with Crippen LogP contribution in [0.1, 0.15) is 44.9 Å². The van der Waals surface area contributed by atoms with Crippen LogP contribution in [0.25, 0.3) is 11.3 Å². The Bertz CT molecular complexity index is 690. The SMILES string of the molecule is Fc1ccc(-c2ccc(NC3CCOC4(CCCCC4)C3)nn2)cc1. The summed E-state index contributed by atoms with van der Waals surface area (Å²) in [4.78, 5) is 0. The van der Waals surface area contributed by atoms with Gasteiger partial charge in [0.1, 0.15) is 11.6 Å². The van der Waals surface area contributed by atoms with Gasteiger partial charge < -0.3 is 10.1 Å². The standard InChI is InChI=1S/C20H24FN3O/c21-16-6-4-15(5-7-16)18-8-9-19(24-23-18)22-17-10-13-25-20(14-17)11-2-1-3-12-20/h4-9,17H,1-3,10-14H2,(H,22,24). The van der Waals surface area contributed by atoms with E-state index in [4.69, 9.17) is 4.74 Å². The van der Waals surface area contributed by atoms with Crippen LogP contribution in [0, 0.1) is 5.82 Å². The number of anilines is 1. The molecule has 1 saturated heterocycles. The minimum absolute atomic E-state index is 0.0790. The van der Waals surface area contributed by atoms with Gasteiger partial charge in [-0.15, -0.1) is 10.2 Å². The Hall–Kier alpha value is -2.01. The van der Waals surface area contributed by atoms with Gasteiger partial charge in [0.25, 0.3) is 0 Å². The summed E-state index contributed by atoms with van der Waals surface area (Å²) in [6, 6.07) is 10.6. The van der Waals surface area contributed by atoms with E-state index in [1.807, 2.05) is 12.1 Å². The molecule has 4 nitrogen and oxygen atoms in total. The van der Waals surface area contributed by atoms with E-state index >= 15 is 0 Å². The second-order valence-corrected chi connectivity index (χ2v) is 7.24. The van der Waals surface area contributed by atoms with E-state index < -0.39 is 0 Å². The van der Waals surface area contributed by atoms with Gasteiger partial charge in [-0.2, -0.15) is 0 Å².